The van der Waals surface area contributed by atoms with E-state index in [0.29, 0.717) is 23.9 Å². The second-order valence-electron chi connectivity index (χ2n) is 5.31. The van der Waals surface area contributed by atoms with E-state index in [9.17, 15) is 5.11 Å². The third-order valence-corrected chi connectivity index (χ3v) is 4.02. The van der Waals surface area contributed by atoms with Crippen LogP contribution >= 0.6 is 11.6 Å². The maximum atomic E-state index is 10.3. The highest BCUT2D eigenvalue weighted by atomic mass is 35.5. The molecule has 1 aromatic carbocycles. The second kappa shape index (κ2) is 7.19. The zero-order chi connectivity index (χ0) is 15.4. The lowest BCUT2D eigenvalue weighted by Gasteiger charge is -2.28. The van der Waals surface area contributed by atoms with Crippen LogP contribution in [0.5, 0.6) is 0 Å². The normalized spacial score (nSPS) is 17.5. The lowest BCUT2D eigenvalue weighted by Crippen LogP contribution is -2.42. The van der Waals surface area contributed by atoms with Crippen LogP contribution in [0.4, 0.5) is 0 Å². The summed E-state index contributed by atoms with van der Waals surface area (Å²) in [5.74, 6) is 0.673. The molecule has 0 aliphatic carbocycles. The summed E-state index contributed by atoms with van der Waals surface area (Å²) in [6.45, 7) is 4.14. The standard InChI is InChI=1S/C15H19ClN4O2/c16-14-4-2-1-3-13(14)15-17-11-18-20(15)10-12(21)9-19-5-7-22-8-6-19/h1-4,11-12,21H,5-10H2. The van der Waals surface area contributed by atoms with Crippen LogP contribution in [-0.4, -0.2) is 63.7 Å². The number of rotatable bonds is 5. The first-order valence-corrected chi connectivity index (χ1v) is 7.72. The highest BCUT2D eigenvalue weighted by Crippen LogP contribution is 2.25. The van der Waals surface area contributed by atoms with Crippen molar-refractivity contribution in [1.29, 1.82) is 0 Å². The molecule has 1 N–H and O–H groups in total. The van der Waals surface area contributed by atoms with Gasteiger partial charge in [-0.15, -0.1) is 0 Å². The summed E-state index contributed by atoms with van der Waals surface area (Å²) in [7, 11) is 0. The van der Waals surface area contributed by atoms with E-state index in [0.717, 1.165) is 31.9 Å². The molecule has 1 atom stereocenters. The number of halogens is 1. The first kappa shape index (κ1) is 15.4. The van der Waals surface area contributed by atoms with Crippen LogP contribution in [0.25, 0.3) is 11.4 Å². The van der Waals surface area contributed by atoms with Crippen molar-refractivity contribution in [2.75, 3.05) is 32.8 Å². The third-order valence-electron chi connectivity index (χ3n) is 3.69. The SMILES string of the molecule is OC(CN1CCOCC1)Cn1ncnc1-c1ccccc1Cl. The molecule has 6 nitrogen and oxygen atoms in total. The Hall–Kier alpha value is -1.47. The predicted molar refractivity (Wildman–Crippen MR) is 83.7 cm³/mol. The minimum Gasteiger partial charge on any atom is -0.390 e. The van der Waals surface area contributed by atoms with E-state index in [1.165, 1.54) is 6.33 Å². The Balaban J connectivity index is 1.68. The number of hydrogen-bond donors (Lipinski definition) is 1. The molecular formula is C15H19ClN4O2. The molecule has 1 fully saturated rings. The maximum Gasteiger partial charge on any atom is 0.159 e. The predicted octanol–water partition coefficient (Wildman–Crippen LogP) is 1.29. The van der Waals surface area contributed by atoms with Crippen LogP contribution in [0.1, 0.15) is 0 Å². The minimum atomic E-state index is -0.513. The third kappa shape index (κ3) is 3.64. The van der Waals surface area contributed by atoms with Gasteiger partial charge in [0.1, 0.15) is 6.33 Å². The van der Waals surface area contributed by atoms with E-state index in [-0.39, 0.29) is 0 Å². The van der Waals surface area contributed by atoms with Gasteiger partial charge in [-0.2, -0.15) is 5.10 Å². The molecule has 118 valence electrons. The van der Waals surface area contributed by atoms with Crippen molar-refractivity contribution < 1.29 is 9.84 Å². The van der Waals surface area contributed by atoms with E-state index >= 15 is 0 Å². The molecule has 1 aliphatic rings. The summed E-state index contributed by atoms with van der Waals surface area (Å²) in [6, 6.07) is 7.50. The molecule has 3 rings (SSSR count). The summed E-state index contributed by atoms with van der Waals surface area (Å²) in [6.07, 6.45) is 0.973. The molecule has 1 saturated heterocycles. The fourth-order valence-corrected chi connectivity index (χ4v) is 2.81. The van der Waals surface area contributed by atoms with Gasteiger partial charge in [0.2, 0.25) is 0 Å². The van der Waals surface area contributed by atoms with Gasteiger partial charge in [0, 0.05) is 25.2 Å². The number of hydrogen-bond acceptors (Lipinski definition) is 5. The van der Waals surface area contributed by atoms with Gasteiger partial charge >= 0.3 is 0 Å². The smallest absolute Gasteiger partial charge is 0.159 e. The fraction of sp³-hybridized carbons (Fsp3) is 0.467. The Labute approximate surface area is 134 Å². The van der Waals surface area contributed by atoms with Crippen LogP contribution < -0.4 is 0 Å². The molecule has 1 aliphatic heterocycles. The van der Waals surface area contributed by atoms with E-state index in [1.807, 2.05) is 24.3 Å². The molecule has 0 spiro atoms. The Morgan fingerprint density at radius 1 is 1.23 bits per heavy atom. The van der Waals surface area contributed by atoms with Crippen molar-refractivity contribution in [1.82, 2.24) is 19.7 Å². The van der Waals surface area contributed by atoms with Crippen molar-refractivity contribution in [3.63, 3.8) is 0 Å². The number of benzene rings is 1. The van der Waals surface area contributed by atoms with Crippen LogP contribution in [0, 0.1) is 0 Å². The summed E-state index contributed by atoms with van der Waals surface area (Å²) < 4.78 is 7.01. The van der Waals surface area contributed by atoms with Crippen molar-refractivity contribution in [3.05, 3.63) is 35.6 Å². The van der Waals surface area contributed by atoms with Gasteiger partial charge in [0.25, 0.3) is 0 Å². The summed E-state index contributed by atoms with van der Waals surface area (Å²) in [4.78, 5) is 6.46. The van der Waals surface area contributed by atoms with Crippen molar-refractivity contribution in [3.8, 4) is 11.4 Å². The van der Waals surface area contributed by atoms with Crippen molar-refractivity contribution in [2.24, 2.45) is 0 Å². The fourth-order valence-electron chi connectivity index (χ4n) is 2.59. The quantitative estimate of drug-likeness (QED) is 0.898. The largest absolute Gasteiger partial charge is 0.390 e. The number of aromatic nitrogens is 3. The molecule has 0 radical (unpaired) electrons. The molecular weight excluding hydrogens is 304 g/mol. The highest BCUT2D eigenvalue weighted by molar-refractivity contribution is 6.33. The molecule has 1 unspecified atom stereocenters. The lowest BCUT2D eigenvalue weighted by atomic mass is 10.2. The monoisotopic (exact) mass is 322 g/mol. The molecule has 7 heteroatoms. The molecule has 22 heavy (non-hydrogen) atoms. The zero-order valence-electron chi connectivity index (χ0n) is 12.2. The summed E-state index contributed by atoms with van der Waals surface area (Å²) >= 11 is 6.21. The topological polar surface area (TPSA) is 63.4 Å². The maximum absolute atomic E-state index is 10.3. The zero-order valence-corrected chi connectivity index (χ0v) is 13.0. The van der Waals surface area contributed by atoms with Crippen LogP contribution in [0.15, 0.2) is 30.6 Å². The van der Waals surface area contributed by atoms with Crippen LogP contribution in [0.2, 0.25) is 5.02 Å². The van der Waals surface area contributed by atoms with Crippen LogP contribution in [0.3, 0.4) is 0 Å². The lowest BCUT2D eigenvalue weighted by molar-refractivity contribution is 0.0109. The molecule has 2 heterocycles. The van der Waals surface area contributed by atoms with E-state index in [4.69, 9.17) is 16.3 Å². The van der Waals surface area contributed by atoms with Gasteiger partial charge in [-0.1, -0.05) is 23.7 Å². The summed E-state index contributed by atoms with van der Waals surface area (Å²) in [5.41, 5.74) is 0.820. The first-order valence-electron chi connectivity index (χ1n) is 7.35. The Kier molecular flexibility index (Phi) is 5.04. The molecule has 0 saturated carbocycles. The van der Waals surface area contributed by atoms with Crippen molar-refractivity contribution in [2.45, 2.75) is 12.6 Å². The number of aliphatic hydroxyl groups excluding tert-OH is 1. The summed E-state index contributed by atoms with van der Waals surface area (Å²) in [5, 5.41) is 15.1. The number of aliphatic hydroxyl groups is 1. The van der Waals surface area contributed by atoms with Gasteiger partial charge in [0.05, 0.1) is 30.9 Å². The van der Waals surface area contributed by atoms with E-state index in [2.05, 4.69) is 15.0 Å². The van der Waals surface area contributed by atoms with Gasteiger partial charge in [0.15, 0.2) is 5.82 Å². The minimum absolute atomic E-state index is 0.387. The van der Waals surface area contributed by atoms with Crippen molar-refractivity contribution >= 4 is 11.6 Å². The number of ether oxygens (including phenoxy) is 1. The Morgan fingerprint density at radius 2 is 2.00 bits per heavy atom. The Bertz CT molecular complexity index is 613. The van der Waals surface area contributed by atoms with E-state index < -0.39 is 6.10 Å². The van der Waals surface area contributed by atoms with Gasteiger partial charge in [-0.05, 0) is 12.1 Å². The van der Waals surface area contributed by atoms with Gasteiger partial charge in [-0.3, -0.25) is 4.90 Å². The number of morpholine rings is 1. The number of nitrogens with zero attached hydrogens (tertiary/aromatic N) is 4. The molecule has 0 bridgehead atoms. The average Bonchev–Trinajstić information content (AvgIpc) is 2.96. The average molecular weight is 323 g/mol. The van der Waals surface area contributed by atoms with E-state index in [1.54, 1.807) is 4.68 Å². The van der Waals surface area contributed by atoms with Gasteiger partial charge < -0.3 is 9.84 Å². The Morgan fingerprint density at radius 3 is 2.77 bits per heavy atom. The van der Waals surface area contributed by atoms with Gasteiger partial charge in [-0.25, -0.2) is 9.67 Å². The van der Waals surface area contributed by atoms with Crippen LogP contribution in [-0.2, 0) is 11.3 Å². The molecule has 2 aromatic rings. The first-order chi connectivity index (χ1) is 10.7. The number of β-amino-alcohol motifs (C(OH)–C–C–N with tert-alkyl or cyclic N) is 1. The molecule has 1 aromatic heterocycles. The molecule has 0 amide bonds. The highest BCUT2D eigenvalue weighted by Gasteiger charge is 2.18. The second-order valence-corrected chi connectivity index (χ2v) is 5.72.